The molecule has 2 N–H and O–H groups in total. The molecule has 2 aliphatic rings. The number of nitrogens with zero attached hydrogens (tertiary/aromatic N) is 2. The third-order valence-corrected chi connectivity index (χ3v) is 5.21. The van der Waals surface area contributed by atoms with Crippen LogP contribution in [0.2, 0.25) is 0 Å². The Morgan fingerprint density at radius 3 is 2.44 bits per heavy atom. The van der Waals surface area contributed by atoms with Crippen molar-refractivity contribution in [3.63, 3.8) is 0 Å². The van der Waals surface area contributed by atoms with E-state index in [1.54, 1.807) is 0 Å². The van der Waals surface area contributed by atoms with Crippen molar-refractivity contribution in [3.05, 3.63) is 35.9 Å². The Balaban J connectivity index is 1.44. The minimum Gasteiger partial charge on any atom is -0.354 e. The molecule has 25 heavy (non-hydrogen) atoms. The van der Waals surface area contributed by atoms with Gasteiger partial charge in [0, 0.05) is 44.1 Å². The fourth-order valence-corrected chi connectivity index (χ4v) is 3.57. The largest absolute Gasteiger partial charge is 0.354 e. The van der Waals surface area contributed by atoms with Crippen LogP contribution in [-0.2, 0) is 4.79 Å². The molecule has 2 unspecified atom stereocenters. The molecule has 0 spiro atoms. The van der Waals surface area contributed by atoms with Gasteiger partial charge in [0.1, 0.15) is 0 Å². The maximum atomic E-state index is 12.1. The predicted molar refractivity (Wildman–Crippen MR) is 102 cm³/mol. The summed E-state index contributed by atoms with van der Waals surface area (Å²) in [5, 5.41) is 7.09. The van der Waals surface area contributed by atoms with Crippen LogP contribution in [0.3, 0.4) is 0 Å². The van der Waals surface area contributed by atoms with Gasteiger partial charge in [0.15, 0.2) is 5.96 Å². The molecule has 1 aromatic rings. The molecule has 1 aliphatic heterocycles. The van der Waals surface area contributed by atoms with E-state index in [9.17, 15) is 4.79 Å². The first-order chi connectivity index (χ1) is 12.1. The van der Waals surface area contributed by atoms with Crippen LogP contribution in [-0.4, -0.2) is 49.0 Å². The summed E-state index contributed by atoms with van der Waals surface area (Å²) in [6, 6.07) is 11.5. The van der Waals surface area contributed by atoms with Gasteiger partial charge in [0.2, 0.25) is 5.91 Å². The number of amides is 1. The maximum absolute atomic E-state index is 12.1. The Labute approximate surface area is 150 Å². The third kappa shape index (κ3) is 4.53. The lowest BCUT2D eigenvalue weighted by atomic mass is 10.0. The summed E-state index contributed by atoms with van der Waals surface area (Å²) in [6.45, 7) is 5.61. The maximum Gasteiger partial charge on any atom is 0.225 e. The molecule has 0 aromatic heterocycles. The summed E-state index contributed by atoms with van der Waals surface area (Å²) in [4.78, 5) is 18.5. The third-order valence-electron chi connectivity index (χ3n) is 5.21. The molecule has 1 amide bonds. The number of guanidine groups is 1. The van der Waals surface area contributed by atoms with E-state index < -0.39 is 0 Å². The van der Waals surface area contributed by atoms with Crippen LogP contribution in [0, 0.1) is 5.92 Å². The van der Waals surface area contributed by atoms with E-state index in [1.807, 2.05) is 25.8 Å². The SMILES string of the molecule is CN=C(NC1CCN(C(=O)C(C)C)CC1)NC1CC1c1ccccc1. The van der Waals surface area contributed by atoms with Crippen molar-refractivity contribution >= 4 is 11.9 Å². The van der Waals surface area contributed by atoms with Crippen LogP contribution >= 0.6 is 0 Å². The van der Waals surface area contributed by atoms with Crippen LogP contribution in [0.15, 0.2) is 35.3 Å². The summed E-state index contributed by atoms with van der Waals surface area (Å²) < 4.78 is 0. The van der Waals surface area contributed by atoms with Gasteiger partial charge in [-0.3, -0.25) is 9.79 Å². The Hall–Kier alpha value is -2.04. The van der Waals surface area contributed by atoms with Crippen molar-refractivity contribution in [2.45, 2.75) is 51.1 Å². The fourth-order valence-electron chi connectivity index (χ4n) is 3.57. The molecule has 1 heterocycles. The number of carbonyl (C=O) groups is 1. The number of hydrogen-bond acceptors (Lipinski definition) is 2. The number of likely N-dealkylation sites (tertiary alicyclic amines) is 1. The lowest BCUT2D eigenvalue weighted by molar-refractivity contribution is -0.135. The summed E-state index contributed by atoms with van der Waals surface area (Å²) in [5.41, 5.74) is 1.40. The summed E-state index contributed by atoms with van der Waals surface area (Å²) >= 11 is 0. The lowest BCUT2D eigenvalue weighted by Crippen LogP contribution is -2.50. The van der Waals surface area contributed by atoms with Crippen molar-refractivity contribution < 1.29 is 4.79 Å². The minimum atomic E-state index is 0.0868. The van der Waals surface area contributed by atoms with Gasteiger partial charge in [0.05, 0.1) is 0 Å². The fraction of sp³-hybridized carbons (Fsp3) is 0.600. The molecule has 136 valence electrons. The van der Waals surface area contributed by atoms with E-state index in [0.717, 1.165) is 38.3 Å². The average molecular weight is 342 g/mol. The predicted octanol–water partition coefficient (Wildman–Crippen LogP) is 2.35. The number of rotatable bonds is 4. The highest BCUT2D eigenvalue weighted by molar-refractivity contribution is 5.81. The van der Waals surface area contributed by atoms with Gasteiger partial charge in [-0.25, -0.2) is 0 Å². The van der Waals surface area contributed by atoms with Crippen molar-refractivity contribution in [1.82, 2.24) is 15.5 Å². The summed E-state index contributed by atoms with van der Waals surface area (Å²) in [7, 11) is 1.83. The van der Waals surface area contributed by atoms with Gasteiger partial charge in [0.25, 0.3) is 0 Å². The first-order valence-corrected chi connectivity index (χ1v) is 9.42. The smallest absolute Gasteiger partial charge is 0.225 e. The molecule has 1 aromatic carbocycles. The standard InChI is InChI=1S/C20H30N4O/c1-14(2)19(25)24-11-9-16(10-12-24)22-20(21-3)23-18-13-17(18)15-7-5-4-6-8-15/h4-8,14,16-18H,9-13H2,1-3H3,(H2,21,22,23). The van der Waals surface area contributed by atoms with Crippen LogP contribution in [0.1, 0.15) is 44.6 Å². The Morgan fingerprint density at radius 2 is 1.84 bits per heavy atom. The second kappa shape index (κ2) is 7.89. The first-order valence-electron chi connectivity index (χ1n) is 9.42. The summed E-state index contributed by atoms with van der Waals surface area (Å²) in [5.74, 6) is 1.83. The molecular weight excluding hydrogens is 312 g/mol. The van der Waals surface area contributed by atoms with E-state index in [2.05, 4.69) is 46.0 Å². The zero-order valence-electron chi connectivity index (χ0n) is 15.5. The molecule has 5 heteroatoms. The first kappa shape index (κ1) is 17.8. The molecular formula is C20H30N4O. The molecule has 5 nitrogen and oxygen atoms in total. The van der Waals surface area contributed by atoms with Crippen LogP contribution < -0.4 is 10.6 Å². The van der Waals surface area contributed by atoms with E-state index in [0.29, 0.717) is 18.0 Å². The number of piperidine rings is 1. The highest BCUT2D eigenvalue weighted by atomic mass is 16.2. The quantitative estimate of drug-likeness (QED) is 0.652. The number of aliphatic imine (C=N–C) groups is 1. The number of benzene rings is 1. The molecule has 0 bridgehead atoms. The van der Waals surface area contributed by atoms with Gasteiger partial charge in [-0.2, -0.15) is 0 Å². The Bertz CT molecular complexity index is 605. The molecule has 3 rings (SSSR count). The lowest BCUT2D eigenvalue weighted by Gasteiger charge is -2.34. The average Bonchev–Trinajstić information content (AvgIpc) is 3.41. The molecule has 2 fully saturated rings. The normalized spacial score (nSPS) is 24.3. The van der Waals surface area contributed by atoms with Crippen molar-refractivity contribution in [2.24, 2.45) is 10.9 Å². The summed E-state index contributed by atoms with van der Waals surface area (Å²) in [6.07, 6.45) is 3.12. The molecule has 2 atom stereocenters. The van der Waals surface area contributed by atoms with E-state index in [-0.39, 0.29) is 11.8 Å². The van der Waals surface area contributed by atoms with Gasteiger partial charge < -0.3 is 15.5 Å². The van der Waals surface area contributed by atoms with Crippen LogP contribution in [0.5, 0.6) is 0 Å². The van der Waals surface area contributed by atoms with Gasteiger partial charge in [-0.1, -0.05) is 44.2 Å². The topological polar surface area (TPSA) is 56.7 Å². The van der Waals surface area contributed by atoms with Gasteiger partial charge in [-0.15, -0.1) is 0 Å². The number of hydrogen-bond donors (Lipinski definition) is 2. The van der Waals surface area contributed by atoms with Crippen molar-refractivity contribution in [1.29, 1.82) is 0 Å². The molecule has 1 aliphatic carbocycles. The minimum absolute atomic E-state index is 0.0868. The number of carbonyl (C=O) groups excluding carboxylic acids is 1. The van der Waals surface area contributed by atoms with E-state index in [1.165, 1.54) is 5.56 Å². The van der Waals surface area contributed by atoms with Crippen LogP contribution in [0.25, 0.3) is 0 Å². The monoisotopic (exact) mass is 342 g/mol. The molecule has 1 saturated heterocycles. The van der Waals surface area contributed by atoms with Crippen molar-refractivity contribution in [3.8, 4) is 0 Å². The van der Waals surface area contributed by atoms with Crippen LogP contribution in [0.4, 0.5) is 0 Å². The highest BCUT2D eigenvalue weighted by Crippen LogP contribution is 2.40. The second-order valence-electron chi connectivity index (χ2n) is 7.47. The van der Waals surface area contributed by atoms with E-state index in [4.69, 9.17) is 0 Å². The van der Waals surface area contributed by atoms with Gasteiger partial charge >= 0.3 is 0 Å². The molecule has 0 radical (unpaired) electrons. The zero-order chi connectivity index (χ0) is 17.8. The van der Waals surface area contributed by atoms with Crippen molar-refractivity contribution in [2.75, 3.05) is 20.1 Å². The number of nitrogens with one attached hydrogen (secondary N) is 2. The molecule has 1 saturated carbocycles. The zero-order valence-corrected chi connectivity index (χ0v) is 15.5. The van der Waals surface area contributed by atoms with E-state index >= 15 is 0 Å². The Morgan fingerprint density at radius 1 is 1.16 bits per heavy atom. The second-order valence-corrected chi connectivity index (χ2v) is 7.47. The highest BCUT2D eigenvalue weighted by Gasteiger charge is 2.39. The van der Waals surface area contributed by atoms with Gasteiger partial charge in [-0.05, 0) is 24.8 Å². The Kier molecular flexibility index (Phi) is 5.61.